The monoisotopic (exact) mass is 490 g/mol. The zero-order chi connectivity index (χ0) is 24.5. The maximum Gasteiger partial charge on any atom is 0.513 e. The Balaban J connectivity index is 2.10. The van der Waals surface area contributed by atoms with Gasteiger partial charge in [-0.3, -0.25) is 5.32 Å². The molecule has 0 saturated carbocycles. The lowest BCUT2D eigenvalue weighted by Gasteiger charge is -2.11. The van der Waals surface area contributed by atoms with E-state index in [0.29, 0.717) is 37.1 Å². The van der Waals surface area contributed by atoms with E-state index < -0.39 is 41.8 Å². The van der Waals surface area contributed by atoms with Crippen LogP contribution in [0.5, 0.6) is 11.6 Å². The van der Waals surface area contributed by atoms with Crippen LogP contribution < -0.4 is 25.4 Å². The minimum Gasteiger partial charge on any atom is -0.469 e. The summed E-state index contributed by atoms with van der Waals surface area (Å²) in [6.45, 7) is 5.57. The molecule has 0 bridgehead atoms. The van der Waals surface area contributed by atoms with E-state index in [2.05, 4.69) is 25.1 Å². The molecule has 1 aromatic carbocycles. The molecule has 0 aliphatic carbocycles. The molecule has 2 aromatic rings. The Morgan fingerprint density at radius 3 is 2.58 bits per heavy atom. The van der Waals surface area contributed by atoms with Gasteiger partial charge in [0.25, 0.3) is 5.88 Å². The lowest BCUT2D eigenvalue weighted by atomic mass is 10.1. The third-order valence-corrected chi connectivity index (χ3v) is 4.91. The van der Waals surface area contributed by atoms with Crippen LogP contribution in [0.1, 0.15) is 31.4 Å². The van der Waals surface area contributed by atoms with Crippen LogP contribution >= 0.6 is 11.5 Å². The second-order valence-electron chi connectivity index (χ2n) is 7.12. The summed E-state index contributed by atoms with van der Waals surface area (Å²) in [5.74, 6) is -4.29. The van der Waals surface area contributed by atoms with E-state index in [0.717, 1.165) is 13.2 Å². The highest BCUT2D eigenvalue weighted by atomic mass is 32.1. The predicted molar refractivity (Wildman–Crippen MR) is 115 cm³/mol. The van der Waals surface area contributed by atoms with Crippen LogP contribution in [0.2, 0.25) is 0 Å². The summed E-state index contributed by atoms with van der Waals surface area (Å²) in [7, 11) is 1.06. The van der Waals surface area contributed by atoms with E-state index in [9.17, 15) is 22.8 Å². The number of benzene rings is 1. The Hall–Kier alpha value is -3.06. The molecular weight excluding hydrogens is 465 g/mol. The van der Waals surface area contributed by atoms with Gasteiger partial charge in [-0.2, -0.15) is 0 Å². The minimum atomic E-state index is -1.40. The molecule has 1 heterocycles. The normalized spacial score (nSPS) is 10.8. The number of ether oxygens (including phenoxy) is 3. The van der Waals surface area contributed by atoms with E-state index in [1.54, 1.807) is 0 Å². The number of carbonyl (C=O) groups is 2. The number of aryl methyl sites for hydroxylation is 1. The Morgan fingerprint density at radius 2 is 1.91 bits per heavy atom. The number of amides is 2. The molecule has 0 radical (unpaired) electrons. The lowest BCUT2D eigenvalue weighted by Crippen LogP contribution is -2.32. The molecule has 182 valence electrons. The van der Waals surface area contributed by atoms with Gasteiger partial charge < -0.3 is 24.8 Å². The van der Waals surface area contributed by atoms with Crippen LogP contribution in [0.4, 0.5) is 27.8 Å². The first-order chi connectivity index (χ1) is 15.6. The van der Waals surface area contributed by atoms with Crippen molar-refractivity contribution in [2.24, 2.45) is 0 Å². The average molecular weight is 491 g/mol. The molecule has 0 atom stereocenters. The smallest absolute Gasteiger partial charge is 0.469 e. The van der Waals surface area contributed by atoms with E-state index >= 15 is 0 Å². The number of nitrogens with zero attached hydrogens (tertiary/aromatic N) is 1. The Morgan fingerprint density at radius 1 is 1.18 bits per heavy atom. The minimum absolute atomic E-state index is 0.00997. The van der Waals surface area contributed by atoms with Gasteiger partial charge in [0.2, 0.25) is 5.75 Å². The van der Waals surface area contributed by atoms with Crippen molar-refractivity contribution in [2.75, 3.05) is 25.5 Å². The van der Waals surface area contributed by atoms with Crippen LogP contribution in [0.3, 0.4) is 0 Å². The molecule has 0 unspecified atom stereocenters. The Kier molecular flexibility index (Phi) is 9.73. The van der Waals surface area contributed by atoms with E-state index in [1.165, 1.54) is 6.92 Å². The quantitative estimate of drug-likeness (QED) is 0.261. The van der Waals surface area contributed by atoms with Crippen LogP contribution in [0.25, 0.3) is 0 Å². The van der Waals surface area contributed by atoms with Crippen LogP contribution in [-0.4, -0.2) is 42.8 Å². The third kappa shape index (κ3) is 7.49. The van der Waals surface area contributed by atoms with Crippen LogP contribution in [0, 0.1) is 24.4 Å². The van der Waals surface area contributed by atoms with E-state index in [1.807, 2.05) is 13.8 Å². The molecule has 0 spiro atoms. The topological polar surface area (TPSA) is 111 Å². The number of hydrogen-bond acceptors (Lipinski definition) is 8. The zero-order valence-electron chi connectivity index (χ0n) is 18.5. The molecule has 0 aliphatic heterocycles. The fourth-order valence-corrected chi connectivity index (χ4v) is 3.17. The molecule has 0 saturated heterocycles. The van der Waals surface area contributed by atoms with Gasteiger partial charge in [-0.25, -0.2) is 22.8 Å². The first kappa shape index (κ1) is 26.2. The van der Waals surface area contributed by atoms with Crippen molar-refractivity contribution in [3.8, 4) is 11.6 Å². The van der Waals surface area contributed by atoms with Crippen molar-refractivity contribution in [1.82, 2.24) is 15.0 Å². The molecular formula is C20H25F3N4O5S. The van der Waals surface area contributed by atoms with Crippen molar-refractivity contribution in [2.45, 2.75) is 39.8 Å². The van der Waals surface area contributed by atoms with Gasteiger partial charge in [-0.1, -0.05) is 13.8 Å². The number of nitrogens with one attached hydrogen (secondary N) is 3. The van der Waals surface area contributed by atoms with Crippen molar-refractivity contribution >= 4 is 28.7 Å². The number of methoxy groups -OCH3 is 1. The largest absolute Gasteiger partial charge is 0.513 e. The van der Waals surface area contributed by atoms with Crippen LogP contribution in [0.15, 0.2) is 6.07 Å². The number of urea groups is 1. The fraction of sp³-hybridized carbons (Fsp3) is 0.450. The van der Waals surface area contributed by atoms with E-state index in [4.69, 9.17) is 9.47 Å². The first-order valence-electron chi connectivity index (χ1n) is 9.93. The molecule has 2 rings (SSSR count). The summed E-state index contributed by atoms with van der Waals surface area (Å²) in [5, 5.41) is 8.29. The molecule has 9 nitrogen and oxygen atoms in total. The van der Waals surface area contributed by atoms with Gasteiger partial charge in [-0.05, 0) is 43.1 Å². The Bertz CT molecular complexity index is 987. The highest BCUT2D eigenvalue weighted by Gasteiger charge is 2.24. The van der Waals surface area contributed by atoms with Crippen molar-refractivity contribution in [3.05, 3.63) is 34.6 Å². The molecule has 1 aromatic heterocycles. The highest BCUT2D eigenvalue weighted by Crippen LogP contribution is 2.39. The summed E-state index contributed by atoms with van der Waals surface area (Å²) in [6, 6.07) is 0.561. The van der Waals surface area contributed by atoms with Crippen LogP contribution in [-0.2, 0) is 11.3 Å². The van der Waals surface area contributed by atoms with Crippen molar-refractivity contribution in [1.29, 1.82) is 0 Å². The number of carbonyl (C=O) groups excluding carboxylic acids is 2. The number of halogens is 3. The van der Waals surface area contributed by atoms with Gasteiger partial charge in [0.05, 0.1) is 12.7 Å². The molecule has 13 heteroatoms. The first-order valence-corrected chi connectivity index (χ1v) is 10.7. The summed E-state index contributed by atoms with van der Waals surface area (Å²) < 4.78 is 60.5. The molecule has 2 amide bonds. The number of aromatic nitrogens is 1. The second-order valence-corrected chi connectivity index (χ2v) is 7.89. The maximum atomic E-state index is 14.1. The number of rotatable bonds is 10. The standard InChI is InChI=1S/C20H25F3N4O5S/c1-10(2)24-6-5-7-25-19(28)26-18-16(32-20(29)30-4)17(27-33-18)31-9-12-13(21)8-11(3)14(22)15(12)23/h8,10,24H,5-7,9H2,1-4H3,(H2,25,26,28). The van der Waals surface area contributed by atoms with Gasteiger partial charge >= 0.3 is 12.2 Å². The van der Waals surface area contributed by atoms with Gasteiger partial charge in [-0.15, -0.1) is 4.37 Å². The SMILES string of the molecule is COC(=O)Oc1c(OCc2c(F)cc(C)c(F)c2F)nsc1NC(=O)NCCCNC(C)C. The summed E-state index contributed by atoms with van der Waals surface area (Å²) in [4.78, 5) is 23.8. The number of hydrogen-bond donors (Lipinski definition) is 3. The summed E-state index contributed by atoms with van der Waals surface area (Å²) in [6.07, 6.45) is -0.458. The third-order valence-electron chi connectivity index (χ3n) is 4.18. The van der Waals surface area contributed by atoms with Gasteiger partial charge in [0.15, 0.2) is 16.6 Å². The molecule has 33 heavy (non-hydrogen) atoms. The van der Waals surface area contributed by atoms with Crippen molar-refractivity contribution < 1.29 is 37.0 Å². The molecule has 0 fully saturated rings. The highest BCUT2D eigenvalue weighted by molar-refractivity contribution is 7.11. The predicted octanol–water partition coefficient (Wildman–Crippen LogP) is 4.10. The van der Waals surface area contributed by atoms with Gasteiger partial charge in [0, 0.05) is 12.6 Å². The number of anilines is 1. The van der Waals surface area contributed by atoms with E-state index in [-0.39, 0.29) is 22.2 Å². The van der Waals surface area contributed by atoms with Gasteiger partial charge in [0.1, 0.15) is 12.4 Å². The average Bonchev–Trinajstić information content (AvgIpc) is 3.12. The fourth-order valence-electron chi connectivity index (χ4n) is 2.51. The van der Waals surface area contributed by atoms with Crippen molar-refractivity contribution in [3.63, 3.8) is 0 Å². The summed E-state index contributed by atoms with van der Waals surface area (Å²) >= 11 is 0.700. The Labute approximate surface area is 192 Å². The second kappa shape index (κ2) is 12.3. The molecule has 0 aliphatic rings. The molecule has 3 N–H and O–H groups in total. The zero-order valence-corrected chi connectivity index (χ0v) is 19.3. The lowest BCUT2D eigenvalue weighted by molar-refractivity contribution is 0.119. The summed E-state index contributed by atoms with van der Waals surface area (Å²) in [5.41, 5.74) is -0.869. The maximum absolute atomic E-state index is 14.1.